The van der Waals surface area contributed by atoms with Crippen LogP contribution < -0.4 is 9.64 Å². The summed E-state index contributed by atoms with van der Waals surface area (Å²) in [5.74, 6) is -0.172. The van der Waals surface area contributed by atoms with E-state index in [1.165, 1.54) is 23.5 Å². The summed E-state index contributed by atoms with van der Waals surface area (Å²) >= 11 is 1.43. The number of hydrogen-bond donors (Lipinski definition) is 0. The molecule has 146 valence electrons. The van der Waals surface area contributed by atoms with Crippen LogP contribution in [0.1, 0.15) is 10.4 Å². The summed E-state index contributed by atoms with van der Waals surface area (Å²) in [5, 5.41) is 2.77. The maximum atomic E-state index is 13.4. The maximum Gasteiger partial charge on any atom is 0.342 e. The number of esters is 1. The molecule has 3 aromatic carbocycles. The van der Waals surface area contributed by atoms with Gasteiger partial charge in [0.15, 0.2) is 5.13 Å². The van der Waals surface area contributed by atoms with Gasteiger partial charge in [-0.1, -0.05) is 35.6 Å². The standard InChI is InChI=1S/C22H17FN2O3S/c1-27-19-9-14-5-3-2-4-13(14)8-17(19)21(26)28-16-11-25(12-16)22-24-18-7-6-15(23)10-20(18)29-22/h2-10,16H,11-12H2,1H3. The van der Waals surface area contributed by atoms with E-state index in [4.69, 9.17) is 9.47 Å². The molecule has 29 heavy (non-hydrogen) atoms. The third kappa shape index (κ3) is 3.27. The minimum Gasteiger partial charge on any atom is -0.496 e. The van der Waals surface area contributed by atoms with Crippen molar-refractivity contribution in [3.63, 3.8) is 0 Å². The Kier molecular flexibility index (Phi) is 4.32. The van der Waals surface area contributed by atoms with Gasteiger partial charge in [0.05, 0.1) is 30.4 Å². The summed E-state index contributed by atoms with van der Waals surface area (Å²) in [5.41, 5.74) is 1.19. The van der Waals surface area contributed by atoms with Crippen molar-refractivity contribution in [1.29, 1.82) is 0 Å². The van der Waals surface area contributed by atoms with Crippen molar-refractivity contribution in [2.45, 2.75) is 6.10 Å². The van der Waals surface area contributed by atoms with Gasteiger partial charge in [0, 0.05) is 0 Å². The molecule has 0 aliphatic carbocycles. The van der Waals surface area contributed by atoms with E-state index in [1.807, 2.05) is 35.2 Å². The first-order chi connectivity index (χ1) is 14.1. The van der Waals surface area contributed by atoms with Crippen LogP contribution in [0.2, 0.25) is 0 Å². The Balaban J connectivity index is 1.29. The van der Waals surface area contributed by atoms with Gasteiger partial charge in [-0.15, -0.1) is 0 Å². The number of carbonyl (C=O) groups excluding carboxylic acids is 1. The number of aromatic nitrogens is 1. The Morgan fingerprint density at radius 2 is 1.90 bits per heavy atom. The molecule has 0 N–H and O–H groups in total. The number of halogens is 1. The number of thiazole rings is 1. The van der Waals surface area contributed by atoms with Crippen LogP contribution in [0.25, 0.3) is 21.0 Å². The number of benzene rings is 3. The third-order valence-electron chi connectivity index (χ3n) is 5.02. The van der Waals surface area contributed by atoms with E-state index in [0.717, 1.165) is 26.1 Å². The fraction of sp³-hybridized carbons (Fsp3) is 0.182. The first-order valence-corrected chi connectivity index (χ1v) is 10.0. The van der Waals surface area contributed by atoms with Gasteiger partial charge in [-0.25, -0.2) is 14.2 Å². The lowest BCUT2D eigenvalue weighted by molar-refractivity contribution is 0.0231. The quantitative estimate of drug-likeness (QED) is 0.461. The van der Waals surface area contributed by atoms with Gasteiger partial charge in [-0.05, 0) is 41.1 Å². The first kappa shape index (κ1) is 17.9. The molecular weight excluding hydrogens is 391 g/mol. The Morgan fingerprint density at radius 1 is 1.14 bits per heavy atom. The summed E-state index contributed by atoms with van der Waals surface area (Å²) in [7, 11) is 1.54. The van der Waals surface area contributed by atoms with Crippen LogP contribution in [-0.4, -0.2) is 37.3 Å². The summed E-state index contributed by atoms with van der Waals surface area (Å²) in [6.45, 7) is 1.12. The number of hydrogen-bond acceptors (Lipinski definition) is 6. The number of nitrogens with zero attached hydrogens (tertiary/aromatic N) is 2. The summed E-state index contributed by atoms with van der Waals surface area (Å²) in [6, 6.07) is 16.0. The van der Waals surface area contributed by atoms with Crippen molar-refractivity contribution in [3.05, 3.63) is 66.0 Å². The van der Waals surface area contributed by atoms with Crippen LogP contribution in [0.3, 0.4) is 0 Å². The normalized spacial score (nSPS) is 14.2. The molecule has 0 amide bonds. The van der Waals surface area contributed by atoms with Crippen LogP contribution in [0.15, 0.2) is 54.6 Å². The van der Waals surface area contributed by atoms with E-state index in [-0.39, 0.29) is 11.9 Å². The Morgan fingerprint density at radius 3 is 2.66 bits per heavy atom. The highest BCUT2D eigenvalue weighted by Gasteiger charge is 2.33. The second kappa shape index (κ2) is 7.00. The van der Waals surface area contributed by atoms with E-state index in [0.29, 0.717) is 24.4 Å². The molecule has 0 atom stereocenters. The van der Waals surface area contributed by atoms with Crippen LogP contribution in [-0.2, 0) is 4.74 Å². The summed E-state index contributed by atoms with van der Waals surface area (Å²) < 4.78 is 25.2. The van der Waals surface area contributed by atoms with Gasteiger partial charge in [0.25, 0.3) is 0 Å². The first-order valence-electron chi connectivity index (χ1n) is 9.19. The van der Waals surface area contributed by atoms with E-state index < -0.39 is 5.97 Å². The molecule has 1 aliphatic rings. The molecule has 1 aromatic heterocycles. The van der Waals surface area contributed by atoms with Gasteiger partial charge in [-0.3, -0.25) is 0 Å². The molecule has 0 radical (unpaired) electrons. The van der Waals surface area contributed by atoms with Crippen molar-refractivity contribution in [2.75, 3.05) is 25.1 Å². The average molecular weight is 408 g/mol. The minimum absolute atomic E-state index is 0.220. The fourth-order valence-corrected chi connectivity index (χ4v) is 4.46. The molecule has 0 saturated carbocycles. The summed E-state index contributed by atoms with van der Waals surface area (Å²) in [6.07, 6.45) is -0.220. The molecule has 0 spiro atoms. The van der Waals surface area contributed by atoms with Crippen molar-refractivity contribution in [1.82, 2.24) is 4.98 Å². The average Bonchev–Trinajstić information content (AvgIpc) is 3.11. The number of anilines is 1. The van der Waals surface area contributed by atoms with E-state index >= 15 is 0 Å². The lowest BCUT2D eigenvalue weighted by Gasteiger charge is -2.38. The molecule has 7 heteroatoms. The highest BCUT2D eigenvalue weighted by molar-refractivity contribution is 7.22. The monoisotopic (exact) mass is 408 g/mol. The molecule has 5 rings (SSSR count). The van der Waals surface area contributed by atoms with Crippen LogP contribution in [0.5, 0.6) is 5.75 Å². The molecule has 0 bridgehead atoms. The predicted molar refractivity (Wildman–Crippen MR) is 111 cm³/mol. The fourth-order valence-electron chi connectivity index (χ4n) is 3.45. The zero-order valence-electron chi connectivity index (χ0n) is 15.6. The Bertz CT molecular complexity index is 1230. The highest BCUT2D eigenvalue weighted by atomic mass is 32.1. The van der Waals surface area contributed by atoms with Crippen molar-refractivity contribution in [3.8, 4) is 5.75 Å². The van der Waals surface area contributed by atoms with Crippen LogP contribution in [0.4, 0.5) is 9.52 Å². The number of ether oxygens (including phenoxy) is 2. The smallest absolute Gasteiger partial charge is 0.342 e. The number of rotatable bonds is 4. The van der Waals surface area contributed by atoms with Crippen LogP contribution in [0, 0.1) is 5.82 Å². The number of fused-ring (bicyclic) bond motifs is 2. The number of carbonyl (C=O) groups is 1. The van der Waals surface area contributed by atoms with Crippen LogP contribution >= 0.6 is 11.3 Å². The van der Waals surface area contributed by atoms with Crippen molar-refractivity contribution >= 4 is 43.4 Å². The zero-order valence-corrected chi connectivity index (χ0v) is 16.4. The molecule has 0 unspecified atom stereocenters. The summed E-state index contributed by atoms with van der Waals surface area (Å²) in [4.78, 5) is 19.3. The lowest BCUT2D eigenvalue weighted by atomic mass is 10.1. The maximum absolute atomic E-state index is 13.4. The zero-order chi connectivity index (χ0) is 20.0. The minimum atomic E-state index is -0.399. The van der Waals surface area contributed by atoms with Gasteiger partial charge < -0.3 is 14.4 Å². The third-order valence-corrected chi connectivity index (χ3v) is 6.10. The van der Waals surface area contributed by atoms with Crippen molar-refractivity contribution < 1.29 is 18.7 Å². The topological polar surface area (TPSA) is 51.7 Å². The molecule has 2 heterocycles. The highest BCUT2D eigenvalue weighted by Crippen LogP contribution is 2.33. The van der Waals surface area contributed by atoms with Gasteiger partial charge >= 0.3 is 5.97 Å². The molecule has 1 saturated heterocycles. The Hall–Kier alpha value is -3.19. The molecule has 4 aromatic rings. The van der Waals surface area contributed by atoms with Gasteiger partial charge in [0.2, 0.25) is 0 Å². The van der Waals surface area contributed by atoms with E-state index in [1.54, 1.807) is 19.2 Å². The molecule has 1 aliphatic heterocycles. The molecule has 5 nitrogen and oxygen atoms in total. The second-order valence-corrected chi connectivity index (χ2v) is 7.95. The lowest BCUT2D eigenvalue weighted by Crippen LogP contribution is -2.53. The second-order valence-electron chi connectivity index (χ2n) is 6.94. The molecular formula is C22H17FN2O3S. The SMILES string of the molecule is COc1cc2ccccc2cc1C(=O)OC1CN(c2nc3ccc(F)cc3s2)C1. The predicted octanol–water partition coefficient (Wildman–Crippen LogP) is 4.64. The van der Waals surface area contributed by atoms with E-state index in [9.17, 15) is 9.18 Å². The van der Waals surface area contributed by atoms with Gasteiger partial charge in [-0.2, -0.15) is 0 Å². The van der Waals surface area contributed by atoms with E-state index in [2.05, 4.69) is 4.98 Å². The largest absolute Gasteiger partial charge is 0.496 e. The Labute approximate surface area is 170 Å². The molecule has 1 fully saturated rings. The number of methoxy groups -OCH3 is 1. The van der Waals surface area contributed by atoms with Gasteiger partial charge in [0.1, 0.15) is 23.2 Å². The van der Waals surface area contributed by atoms with Crippen molar-refractivity contribution in [2.24, 2.45) is 0 Å².